The highest BCUT2D eigenvalue weighted by Crippen LogP contribution is 2.33. The number of aryl methyl sites for hydroxylation is 4. The van der Waals surface area contributed by atoms with E-state index in [0.29, 0.717) is 6.61 Å². The van der Waals surface area contributed by atoms with E-state index in [9.17, 15) is 0 Å². The first-order valence-electron chi connectivity index (χ1n) is 13.5. The summed E-state index contributed by atoms with van der Waals surface area (Å²) >= 11 is 0. The highest BCUT2D eigenvalue weighted by molar-refractivity contribution is 6.09. The van der Waals surface area contributed by atoms with Gasteiger partial charge in [0, 0.05) is 58.6 Å². The minimum atomic E-state index is 0. The Labute approximate surface area is 229 Å². The zero-order valence-electron chi connectivity index (χ0n) is 22.4. The summed E-state index contributed by atoms with van der Waals surface area (Å²) in [5, 5.41) is 5.15. The van der Waals surface area contributed by atoms with E-state index in [-0.39, 0.29) is 12.4 Å². The second kappa shape index (κ2) is 11.0. The van der Waals surface area contributed by atoms with Crippen molar-refractivity contribution in [2.75, 3.05) is 6.61 Å². The molecule has 0 aliphatic carbocycles. The molecule has 0 spiro atoms. The minimum Gasteiger partial charge on any atom is -0.494 e. The number of unbranched alkanes of at least 4 members (excludes halogenated alkanes) is 2. The number of para-hydroxylation sites is 1. The first-order valence-corrected chi connectivity index (χ1v) is 13.5. The molecule has 0 radical (unpaired) electrons. The molecule has 6 aromatic rings. The van der Waals surface area contributed by atoms with Gasteiger partial charge >= 0.3 is 0 Å². The summed E-state index contributed by atoms with van der Waals surface area (Å²) in [6.45, 7) is 9.11. The molecule has 0 bridgehead atoms. The van der Waals surface area contributed by atoms with E-state index < -0.39 is 0 Å². The largest absolute Gasteiger partial charge is 0.494 e. The monoisotopic (exact) mass is 526 g/mol. The van der Waals surface area contributed by atoms with Crippen LogP contribution in [-0.4, -0.2) is 25.7 Å². The fourth-order valence-electron chi connectivity index (χ4n) is 5.81. The standard InChI is InChI=1S/C32H34N4O.ClH/c1-4-5-18-36-30-21-24(12-13-26(30)28-15-17-34-23(3)32(28)36)37-20-9-8-19-35-29-11-7-6-10-25(29)27-14-16-33-22(2)31(27)35;/h6-7,10-17,21H,4-5,8-9,18-20H2,1-3H3;1H. The molecule has 0 unspecified atom stereocenters. The molecule has 2 aromatic carbocycles. The topological polar surface area (TPSA) is 44.9 Å². The lowest BCUT2D eigenvalue weighted by molar-refractivity contribution is 0.304. The van der Waals surface area contributed by atoms with Gasteiger partial charge in [-0.3, -0.25) is 9.97 Å². The van der Waals surface area contributed by atoms with Gasteiger partial charge in [0.2, 0.25) is 0 Å². The third-order valence-corrected chi connectivity index (χ3v) is 7.57. The predicted molar refractivity (Wildman–Crippen MR) is 161 cm³/mol. The van der Waals surface area contributed by atoms with Crippen molar-refractivity contribution >= 4 is 56.0 Å². The Balaban J connectivity index is 0.00000294. The average Bonchev–Trinajstić information content (AvgIpc) is 3.41. The summed E-state index contributed by atoms with van der Waals surface area (Å²) < 4.78 is 11.1. The lowest BCUT2D eigenvalue weighted by Crippen LogP contribution is -2.03. The molecule has 0 saturated heterocycles. The van der Waals surface area contributed by atoms with Crippen LogP contribution < -0.4 is 4.74 Å². The van der Waals surface area contributed by atoms with Crippen molar-refractivity contribution in [2.24, 2.45) is 0 Å². The molecule has 6 heteroatoms. The number of hydrogen-bond acceptors (Lipinski definition) is 3. The Hall–Kier alpha value is -3.57. The van der Waals surface area contributed by atoms with Gasteiger partial charge in [-0.1, -0.05) is 31.5 Å². The third-order valence-electron chi connectivity index (χ3n) is 7.57. The number of rotatable bonds is 9. The van der Waals surface area contributed by atoms with Gasteiger partial charge in [0.1, 0.15) is 5.75 Å². The van der Waals surface area contributed by atoms with Gasteiger partial charge in [-0.15, -0.1) is 12.4 Å². The molecule has 38 heavy (non-hydrogen) atoms. The lowest BCUT2D eigenvalue weighted by Gasteiger charge is -2.11. The molecule has 0 atom stereocenters. The van der Waals surface area contributed by atoms with Crippen LogP contribution in [-0.2, 0) is 13.1 Å². The van der Waals surface area contributed by atoms with E-state index in [0.717, 1.165) is 55.9 Å². The maximum atomic E-state index is 6.27. The normalized spacial score (nSPS) is 11.6. The van der Waals surface area contributed by atoms with Crippen LogP contribution in [0.5, 0.6) is 5.75 Å². The Bertz CT molecular complexity index is 1730. The quantitative estimate of drug-likeness (QED) is 0.178. The second-order valence-corrected chi connectivity index (χ2v) is 9.99. The summed E-state index contributed by atoms with van der Waals surface area (Å²) in [5.74, 6) is 0.940. The molecular formula is C32H35ClN4O. The highest BCUT2D eigenvalue weighted by atomic mass is 35.5. The van der Waals surface area contributed by atoms with E-state index in [2.05, 4.69) is 94.5 Å². The lowest BCUT2D eigenvalue weighted by atomic mass is 10.1. The van der Waals surface area contributed by atoms with Crippen molar-refractivity contribution in [3.05, 3.63) is 78.4 Å². The van der Waals surface area contributed by atoms with Gasteiger partial charge < -0.3 is 13.9 Å². The molecule has 0 fully saturated rings. The van der Waals surface area contributed by atoms with Crippen LogP contribution in [0.2, 0.25) is 0 Å². The minimum absolute atomic E-state index is 0. The van der Waals surface area contributed by atoms with E-state index in [4.69, 9.17) is 4.74 Å². The van der Waals surface area contributed by atoms with E-state index >= 15 is 0 Å². The molecule has 0 amide bonds. The highest BCUT2D eigenvalue weighted by Gasteiger charge is 2.14. The maximum Gasteiger partial charge on any atom is 0.121 e. The van der Waals surface area contributed by atoms with Gasteiger partial charge in [0.15, 0.2) is 0 Å². The van der Waals surface area contributed by atoms with Crippen molar-refractivity contribution in [1.82, 2.24) is 19.1 Å². The van der Waals surface area contributed by atoms with Crippen LogP contribution in [0.1, 0.15) is 44.0 Å². The van der Waals surface area contributed by atoms with Crippen molar-refractivity contribution in [2.45, 2.75) is 59.5 Å². The van der Waals surface area contributed by atoms with Crippen molar-refractivity contribution in [3.63, 3.8) is 0 Å². The van der Waals surface area contributed by atoms with Gasteiger partial charge in [0.25, 0.3) is 0 Å². The van der Waals surface area contributed by atoms with Gasteiger partial charge in [-0.25, -0.2) is 0 Å². The number of pyridine rings is 2. The first kappa shape index (κ1) is 26.1. The van der Waals surface area contributed by atoms with E-state index in [1.807, 2.05) is 12.4 Å². The SMILES string of the molecule is CCCCn1c2cc(OCCCCn3c4ccccc4c4ccnc(C)c43)ccc2c2ccnc(C)c21.Cl. The molecule has 196 valence electrons. The van der Waals surface area contributed by atoms with Crippen LogP contribution in [0, 0.1) is 13.8 Å². The fourth-order valence-corrected chi connectivity index (χ4v) is 5.81. The average molecular weight is 527 g/mol. The second-order valence-electron chi connectivity index (χ2n) is 9.99. The van der Waals surface area contributed by atoms with Crippen LogP contribution >= 0.6 is 12.4 Å². The number of aromatic nitrogens is 4. The first-order chi connectivity index (χ1) is 18.2. The fraction of sp³-hybridized carbons (Fsp3) is 0.312. The van der Waals surface area contributed by atoms with Crippen LogP contribution in [0.25, 0.3) is 43.6 Å². The van der Waals surface area contributed by atoms with Crippen molar-refractivity contribution in [3.8, 4) is 5.75 Å². The molecule has 4 aromatic heterocycles. The number of halogens is 1. The third kappa shape index (κ3) is 4.49. The smallest absolute Gasteiger partial charge is 0.121 e. The molecule has 6 rings (SSSR count). The summed E-state index contributed by atoms with van der Waals surface area (Å²) in [4.78, 5) is 9.14. The molecule has 0 aliphatic rings. The molecule has 0 N–H and O–H groups in total. The number of hydrogen-bond donors (Lipinski definition) is 0. The number of fused-ring (bicyclic) bond motifs is 6. The number of benzene rings is 2. The molecular weight excluding hydrogens is 492 g/mol. The van der Waals surface area contributed by atoms with Crippen LogP contribution in [0.4, 0.5) is 0 Å². The van der Waals surface area contributed by atoms with Crippen LogP contribution in [0.3, 0.4) is 0 Å². The Morgan fingerprint density at radius 2 is 1.32 bits per heavy atom. The molecule has 0 saturated carbocycles. The zero-order valence-corrected chi connectivity index (χ0v) is 23.2. The maximum absolute atomic E-state index is 6.27. The molecule has 4 heterocycles. The Kier molecular flexibility index (Phi) is 7.57. The van der Waals surface area contributed by atoms with E-state index in [1.165, 1.54) is 43.6 Å². The van der Waals surface area contributed by atoms with E-state index in [1.54, 1.807) is 0 Å². The molecule has 0 aliphatic heterocycles. The summed E-state index contributed by atoms with van der Waals surface area (Å²) in [5.41, 5.74) is 7.19. The van der Waals surface area contributed by atoms with Crippen LogP contribution in [0.15, 0.2) is 67.0 Å². The zero-order chi connectivity index (χ0) is 25.4. The summed E-state index contributed by atoms with van der Waals surface area (Å²) in [7, 11) is 0. The number of ether oxygens (including phenoxy) is 1. The van der Waals surface area contributed by atoms with Gasteiger partial charge in [0.05, 0.1) is 34.5 Å². The van der Waals surface area contributed by atoms with Crippen molar-refractivity contribution in [1.29, 1.82) is 0 Å². The number of nitrogens with zero attached hydrogens (tertiary/aromatic N) is 4. The Morgan fingerprint density at radius 3 is 2.03 bits per heavy atom. The summed E-state index contributed by atoms with van der Waals surface area (Å²) in [6.07, 6.45) is 8.19. The van der Waals surface area contributed by atoms with Gasteiger partial charge in [-0.05, 0) is 63.4 Å². The van der Waals surface area contributed by atoms with Gasteiger partial charge in [-0.2, -0.15) is 0 Å². The Morgan fingerprint density at radius 1 is 0.684 bits per heavy atom. The summed E-state index contributed by atoms with van der Waals surface area (Å²) in [6, 6.07) is 19.5. The molecule has 5 nitrogen and oxygen atoms in total. The predicted octanol–water partition coefficient (Wildman–Crippen LogP) is 8.39. The van der Waals surface area contributed by atoms with Crippen molar-refractivity contribution < 1.29 is 4.74 Å².